The van der Waals surface area contributed by atoms with Crippen LogP contribution in [0.15, 0.2) is 194 Å². The lowest BCUT2D eigenvalue weighted by atomic mass is 9.83. The molecule has 0 heterocycles. The molecule has 0 fully saturated rings. The largest absolute Gasteiger partial charge is 0.0622 e. The van der Waals surface area contributed by atoms with Crippen molar-refractivity contribution in [1.29, 1.82) is 0 Å². The Hall–Kier alpha value is -6.76. The summed E-state index contributed by atoms with van der Waals surface area (Å²) in [5.41, 5.74) is 24.3. The van der Waals surface area contributed by atoms with Crippen molar-refractivity contribution >= 4 is 10.8 Å². The van der Waals surface area contributed by atoms with E-state index in [-0.39, 0.29) is 11.8 Å². The summed E-state index contributed by atoms with van der Waals surface area (Å²) in [6.45, 7) is 0. The molecule has 0 aromatic heterocycles. The number of benzene rings is 9. The SMILES string of the molecule is c1ccc(C2c3ccccc3-c3ccc(-c4ccc5c(c4)C(c4ccc(-c6ccc7c(c6)-c6ccccc6C7)c6ccccc46)c4ccccc4-5)cc32)cc1. The second-order valence-corrected chi connectivity index (χ2v) is 15.5. The quantitative estimate of drug-likeness (QED) is 0.172. The van der Waals surface area contributed by atoms with Crippen LogP contribution in [0.1, 0.15) is 56.3 Å². The van der Waals surface area contributed by atoms with Gasteiger partial charge < -0.3 is 0 Å². The Labute approximate surface area is 322 Å². The molecule has 0 saturated carbocycles. The van der Waals surface area contributed by atoms with E-state index in [2.05, 4.69) is 194 Å². The van der Waals surface area contributed by atoms with Gasteiger partial charge in [0.25, 0.3) is 0 Å². The summed E-state index contributed by atoms with van der Waals surface area (Å²) in [5.74, 6) is 0.358. The van der Waals surface area contributed by atoms with Gasteiger partial charge in [-0.3, -0.25) is 0 Å². The van der Waals surface area contributed by atoms with Gasteiger partial charge in [-0.2, -0.15) is 0 Å². The highest BCUT2D eigenvalue weighted by Gasteiger charge is 2.33. The molecular weight excluding hydrogens is 661 g/mol. The molecule has 0 radical (unpaired) electrons. The minimum Gasteiger partial charge on any atom is -0.0622 e. The monoisotopic (exact) mass is 696 g/mol. The van der Waals surface area contributed by atoms with E-state index in [4.69, 9.17) is 0 Å². The fourth-order valence-electron chi connectivity index (χ4n) is 10.2. The highest BCUT2D eigenvalue weighted by atomic mass is 14.4. The van der Waals surface area contributed by atoms with Crippen LogP contribution in [0.4, 0.5) is 0 Å². The van der Waals surface area contributed by atoms with Gasteiger partial charge in [-0.05, 0) is 136 Å². The van der Waals surface area contributed by atoms with Gasteiger partial charge in [0.2, 0.25) is 0 Å². The minimum absolute atomic E-state index is 0.132. The lowest BCUT2D eigenvalue weighted by Crippen LogP contribution is -2.01. The summed E-state index contributed by atoms with van der Waals surface area (Å²) in [6, 6.07) is 73.2. The van der Waals surface area contributed by atoms with Crippen molar-refractivity contribution in [3.05, 3.63) is 239 Å². The molecule has 0 amide bonds. The standard InChI is InChI=1S/C55H36/c1-2-12-34(13-3-1)54-48-20-10-8-18-44(48)46-26-24-35(31-52(46)54)36-25-27-47-45-19-9-11-21-49(45)55(53(47)32-36)50-29-28-41(42-16-6-7-17-43(42)50)39-23-22-38-30-37-14-4-5-15-40(37)51(38)33-39/h1-29,31-33,54-55H,30H2. The summed E-state index contributed by atoms with van der Waals surface area (Å²) < 4.78 is 0. The number of hydrogen-bond acceptors (Lipinski definition) is 0. The van der Waals surface area contributed by atoms with Crippen molar-refractivity contribution in [2.45, 2.75) is 18.3 Å². The molecule has 2 atom stereocenters. The molecule has 9 aromatic rings. The Bertz CT molecular complexity index is 3020. The zero-order valence-corrected chi connectivity index (χ0v) is 30.3. The van der Waals surface area contributed by atoms with Crippen LogP contribution in [-0.4, -0.2) is 0 Å². The zero-order valence-electron chi connectivity index (χ0n) is 30.3. The van der Waals surface area contributed by atoms with E-state index in [0.29, 0.717) is 0 Å². The molecule has 0 saturated heterocycles. The van der Waals surface area contributed by atoms with Gasteiger partial charge in [0, 0.05) is 11.8 Å². The van der Waals surface area contributed by atoms with Crippen molar-refractivity contribution in [2.24, 2.45) is 0 Å². The van der Waals surface area contributed by atoms with Gasteiger partial charge >= 0.3 is 0 Å². The molecule has 12 rings (SSSR count). The summed E-state index contributed by atoms with van der Waals surface area (Å²) in [7, 11) is 0. The number of rotatable bonds is 4. The Morgan fingerprint density at radius 3 is 1.55 bits per heavy atom. The van der Waals surface area contributed by atoms with E-state index in [1.54, 1.807) is 0 Å². The predicted octanol–water partition coefficient (Wildman–Crippen LogP) is 14.1. The molecular formula is C55H36. The van der Waals surface area contributed by atoms with E-state index in [1.807, 2.05) is 0 Å². The van der Waals surface area contributed by atoms with E-state index < -0.39 is 0 Å². The van der Waals surface area contributed by atoms with Crippen molar-refractivity contribution in [3.8, 4) is 55.6 Å². The molecule has 9 aromatic carbocycles. The molecule has 0 N–H and O–H groups in total. The first-order valence-corrected chi connectivity index (χ1v) is 19.5. The third-order valence-electron chi connectivity index (χ3n) is 12.7. The van der Waals surface area contributed by atoms with Crippen molar-refractivity contribution < 1.29 is 0 Å². The highest BCUT2D eigenvalue weighted by Crippen LogP contribution is 2.53. The first kappa shape index (κ1) is 30.7. The van der Waals surface area contributed by atoms with E-state index >= 15 is 0 Å². The summed E-state index contributed by atoms with van der Waals surface area (Å²) in [6.07, 6.45) is 1.01. The molecule has 256 valence electrons. The van der Waals surface area contributed by atoms with Crippen LogP contribution >= 0.6 is 0 Å². The average Bonchev–Trinajstić information content (AvgIpc) is 3.90. The van der Waals surface area contributed by atoms with Crippen LogP contribution in [0.3, 0.4) is 0 Å². The van der Waals surface area contributed by atoms with Crippen molar-refractivity contribution in [3.63, 3.8) is 0 Å². The lowest BCUT2D eigenvalue weighted by molar-refractivity contribution is 1.01. The van der Waals surface area contributed by atoms with Crippen molar-refractivity contribution in [2.75, 3.05) is 0 Å². The molecule has 3 aliphatic rings. The Balaban J connectivity index is 0.995. The van der Waals surface area contributed by atoms with Gasteiger partial charge in [-0.1, -0.05) is 176 Å². The Morgan fingerprint density at radius 2 is 0.800 bits per heavy atom. The zero-order chi connectivity index (χ0) is 36.0. The molecule has 0 bridgehead atoms. The maximum Gasteiger partial charge on any atom is 0.0358 e. The maximum absolute atomic E-state index is 2.49. The average molecular weight is 697 g/mol. The third-order valence-corrected chi connectivity index (χ3v) is 12.7. The van der Waals surface area contributed by atoms with Crippen LogP contribution in [-0.2, 0) is 6.42 Å². The van der Waals surface area contributed by atoms with Crippen LogP contribution in [0.2, 0.25) is 0 Å². The molecule has 0 spiro atoms. The molecule has 2 unspecified atom stereocenters. The van der Waals surface area contributed by atoms with Crippen LogP contribution in [0.5, 0.6) is 0 Å². The third kappa shape index (κ3) is 4.58. The summed E-state index contributed by atoms with van der Waals surface area (Å²) in [5, 5.41) is 2.62. The summed E-state index contributed by atoms with van der Waals surface area (Å²) >= 11 is 0. The lowest BCUT2D eigenvalue weighted by Gasteiger charge is -2.20. The van der Waals surface area contributed by atoms with Gasteiger partial charge in [-0.15, -0.1) is 0 Å². The first-order chi connectivity index (χ1) is 27.3. The predicted molar refractivity (Wildman–Crippen MR) is 229 cm³/mol. The van der Waals surface area contributed by atoms with Gasteiger partial charge in [0.1, 0.15) is 0 Å². The van der Waals surface area contributed by atoms with Gasteiger partial charge in [0.05, 0.1) is 0 Å². The van der Waals surface area contributed by atoms with E-state index in [9.17, 15) is 0 Å². The fourth-order valence-corrected chi connectivity index (χ4v) is 10.2. The Kier molecular flexibility index (Phi) is 6.62. The van der Waals surface area contributed by atoms with Crippen LogP contribution < -0.4 is 0 Å². The highest BCUT2D eigenvalue weighted by molar-refractivity contribution is 6.01. The number of hydrogen-bond donors (Lipinski definition) is 0. The maximum atomic E-state index is 2.49. The number of fused-ring (bicyclic) bond motifs is 10. The fraction of sp³-hybridized carbons (Fsp3) is 0.0545. The first-order valence-electron chi connectivity index (χ1n) is 19.5. The second kappa shape index (κ2) is 11.9. The molecule has 0 aliphatic heterocycles. The molecule has 0 heteroatoms. The smallest absolute Gasteiger partial charge is 0.0358 e. The van der Waals surface area contributed by atoms with Crippen LogP contribution in [0.25, 0.3) is 66.4 Å². The van der Waals surface area contributed by atoms with Crippen LogP contribution in [0, 0.1) is 0 Å². The Morgan fingerprint density at radius 1 is 0.273 bits per heavy atom. The van der Waals surface area contributed by atoms with E-state index in [1.165, 1.54) is 111 Å². The normalized spacial score (nSPS) is 15.6. The van der Waals surface area contributed by atoms with Gasteiger partial charge in [0.15, 0.2) is 0 Å². The molecule has 3 aliphatic carbocycles. The molecule has 0 nitrogen and oxygen atoms in total. The van der Waals surface area contributed by atoms with Gasteiger partial charge in [-0.25, -0.2) is 0 Å². The minimum atomic E-state index is 0.132. The van der Waals surface area contributed by atoms with Crippen molar-refractivity contribution in [1.82, 2.24) is 0 Å². The topological polar surface area (TPSA) is 0 Å². The molecule has 55 heavy (non-hydrogen) atoms. The second-order valence-electron chi connectivity index (χ2n) is 15.5. The van der Waals surface area contributed by atoms with E-state index in [0.717, 1.165) is 6.42 Å². The summed E-state index contributed by atoms with van der Waals surface area (Å²) in [4.78, 5) is 0.